The summed E-state index contributed by atoms with van der Waals surface area (Å²) in [6.45, 7) is 3.67. The number of carbonyl (C=O) groups is 1. The number of hydrogen-bond donors (Lipinski definition) is 1. The van der Waals surface area contributed by atoms with Crippen LogP contribution in [-0.2, 0) is 23.7 Å². The number of halogens is 6. The monoisotopic (exact) mass is 593 g/mol. The standard InChI is InChI=1S/C28H25F6N5OS/c29-27(30,31)21-3-2-18(22(11-21)28(32,33)34)15-39-23-4-1-16(9-19(23)13-36-39)10-24-25(40)37-26(41-24)35-12-20-14-38-7-5-17(20)6-8-38/h1-4,9-11,13,17,20H,5-8,12,14-15H2,(H,35,37,40)/b24-10-/t20-/m1/s1. The van der Waals surface area contributed by atoms with Crippen molar-refractivity contribution in [1.82, 2.24) is 20.0 Å². The Labute approximate surface area is 235 Å². The van der Waals surface area contributed by atoms with Gasteiger partial charge in [0.2, 0.25) is 0 Å². The smallest absolute Gasteiger partial charge is 0.303 e. The molecule has 4 aliphatic heterocycles. The van der Waals surface area contributed by atoms with Crippen molar-refractivity contribution in [3.63, 3.8) is 0 Å². The highest BCUT2D eigenvalue weighted by molar-refractivity contribution is 8.18. The molecule has 5 heterocycles. The van der Waals surface area contributed by atoms with Crippen LogP contribution in [0.1, 0.15) is 35.1 Å². The molecule has 1 N–H and O–H groups in total. The Balaban J connectivity index is 1.18. The summed E-state index contributed by atoms with van der Waals surface area (Å²) in [5.41, 5.74) is -1.85. The van der Waals surface area contributed by atoms with Crippen LogP contribution in [0.25, 0.3) is 17.0 Å². The largest absolute Gasteiger partial charge is 0.416 e. The highest BCUT2D eigenvalue weighted by Gasteiger charge is 2.38. The average molecular weight is 594 g/mol. The van der Waals surface area contributed by atoms with Crippen LogP contribution in [0.5, 0.6) is 0 Å². The van der Waals surface area contributed by atoms with Crippen LogP contribution in [0.15, 0.2) is 52.5 Å². The quantitative estimate of drug-likeness (QED) is 0.290. The van der Waals surface area contributed by atoms with Crippen LogP contribution in [0.2, 0.25) is 0 Å². The number of aromatic nitrogens is 2. The number of nitrogens with one attached hydrogen (secondary N) is 1. The molecule has 4 aliphatic rings. The number of fused-ring (bicyclic) bond motifs is 4. The fourth-order valence-electron chi connectivity index (χ4n) is 5.78. The van der Waals surface area contributed by atoms with Crippen molar-refractivity contribution in [2.75, 3.05) is 26.2 Å². The molecule has 7 rings (SSSR count). The third-order valence-electron chi connectivity index (χ3n) is 7.94. The number of hydrogen-bond acceptors (Lipinski definition) is 5. The van der Waals surface area contributed by atoms with Crippen molar-refractivity contribution in [2.45, 2.75) is 31.7 Å². The summed E-state index contributed by atoms with van der Waals surface area (Å²) in [6.07, 6.45) is -4.27. The van der Waals surface area contributed by atoms with Crippen molar-refractivity contribution >= 4 is 39.8 Å². The molecule has 0 aliphatic carbocycles. The summed E-state index contributed by atoms with van der Waals surface area (Å²) in [5, 5.41) is 8.17. The third kappa shape index (κ3) is 5.87. The van der Waals surface area contributed by atoms with E-state index < -0.39 is 23.5 Å². The Hall–Kier alpha value is -3.32. The van der Waals surface area contributed by atoms with Crippen LogP contribution in [0, 0.1) is 11.8 Å². The fraction of sp³-hybridized carbons (Fsp3) is 0.393. The Kier molecular flexibility index (Phi) is 7.13. The van der Waals surface area contributed by atoms with Gasteiger partial charge in [0.15, 0.2) is 5.17 Å². The van der Waals surface area contributed by atoms with Gasteiger partial charge in [0, 0.05) is 18.5 Å². The van der Waals surface area contributed by atoms with Crippen LogP contribution < -0.4 is 5.32 Å². The van der Waals surface area contributed by atoms with Gasteiger partial charge < -0.3 is 10.2 Å². The number of alkyl halides is 6. The van der Waals surface area contributed by atoms with Gasteiger partial charge in [-0.2, -0.15) is 31.4 Å². The van der Waals surface area contributed by atoms with Gasteiger partial charge >= 0.3 is 12.4 Å². The number of amides is 1. The summed E-state index contributed by atoms with van der Waals surface area (Å²) < 4.78 is 81.2. The first-order chi connectivity index (χ1) is 19.4. The lowest BCUT2D eigenvalue weighted by atomic mass is 9.79. The SMILES string of the molecule is O=C1NC(=NC[C@@H]2CN3CCC2CC3)S/C1=C\c1ccc2c(cnn2Cc2ccc(C(F)(F)F)cc2C(F)(F)F)c1. The van der Waals surface area contributed by atoms with Gasteiger partial charge in [0.1, 0.15) is 0 Å². The number of nitrogens with zero attached hydrogens (tertiary/aromatic N) is 4. The molecule has 2 aromatic carbocycles. The fourth-order valence-corrected chi connectivity index (χ4v) is 6.61. The topological polar surface area (TPSA) is 62.5 Å². The van der Waals surface area contributed by atoms with E-state index in [0.717, 1.165) is 25.7 Å². The van der Waals surface area contributed by atoms with Crippen molar-refractivity contribution in [3.05, 3.63) is 69.8 Å². The number of carbonyl (C=O) groups excluding carboxylic acids is 1. The molecule has 1 aromatic heterocycles. The Morgan fingerprint density at radius 3 is 2.51 bits per heavy atom. The molecule has 3 aromatic rings. The highest BCUT2D eigenvalue weighted by Crippen LogP contribution is 2.38. The number of rotatable bonds is 5. The van der Waals surface area contributed by atoms with Gasteiger partial charge in [-0.1, -0.05) is 12.1 Å². The van der Waals surface area contributed by atoms with Crippen molar-refractivity contribution in [2.24, 2.45) is 16.8 Å². The summed E-state index contributed by atoms with van der Waals surface area (Å²) in [4.78, 5) is 20.2. The molecule has 4 fully saturated rings. The van der Waals surface area contributed by atoms with Crippen molar-refractivity contribution < 1.29 is 31.1 Å². The molecular weight excluding hydrogens is 568 g/mol. The second-order valence-corrected chi connectivity index (χ2v) is 11.6. The van der Waals surface area contributed by atoms with E-state index in [4.69, 9.17) is 0 Å². The third-order valence-corrected chi connectivity index (χ3v) is 8.89. The lowest BCUT2D eigenvalue weighted by Gasteiger charge is -2.44. The minimum atomic E-state index is -4.96. The molecule has 4 saturated heterocycles. The zero-order valence-electron chi connectivity index (χ0n) is 21.6. The maximum atomic E-state index is 13.6. The van der Waals surface area contributed by atoms with Gasteiger partial charge in [-0.05, 0) is 91.0 Å². The van der Waals surface area contributed by atoms with Crippen LogP contribution in [-0.4, -0.2) is 51.9 Å². The molecule has 1 atom stereocenters. The molecule has 216 valence electrons. The summed E-state index contributed by atoms with van der Waals surface area (Å²) in [5.74, 6) is 0.943. The van der Waals surface area contributed by atoms with E-state index in [2.05, 4.69) is 20.3 Å². The molecule has 0 spiro atoms. The van der Waals surface area contributed by atoms with E-state index in [1.807, 2.05) is 0 Å². The molecule has 1 amide bonds. The minimum absolute atomic E-state index is 0.129. The Morgan fingerprint density at radius 1 is 1.05 bits per heavy atom. The molecule has 0 saturated carbocycles. The molecule has 2 bridgehead atoms. The minimum Gasteiger partial charge on any atom is -0.303 e. The lowest BCUT2D eigenvalue weighted by molar-refractivity contribution is -0.143. The number of amidine groups is 1. The maximum Gasteiger partial charge on any atom is 0.416 e. The zero-order valence-corrected chi connectivity index (χ0v) is 22.4. The van der Waals surface area contributed by atoms with Crippen LogP contribution in [0.3, 0.4) is 0 Å². The van der Waals surface area contributed by atoms with Crippen molar-refractivity contribution in [3.8, 4) is 0 Å². The lowest BCUT2D eigenvalue weighted by Crippen LogP contribution is -2.48. The van der Waals surface area contributed by atoms with Crippen LogP contribution >= 0.6 is 11.8 Å². The first kappa shape index (κ1) is 27.8. The number of piperidine rings is 3. The number of thioether (sulfide) groups is 1. The van der Waals surface area contributed by atoms with E-state index in [-0.39, 0.29) is 24.1 Å². The van der Waals surface area contributed by atoms with Gasteiger partial charge in [-0.3, -0.25) is 14.5 Å². The van der Waals surface area contributed by atoms with E-state index >= 15 is 0 Å². The second kappa shape index (κ2) is 10.5. The van der Waals surface area contributed by atoms with E-state index in [1.165, 1.54) is 35.5 Å². The van der Waals surface area contributed by atoms with Crippen LogP contribution in [0.4, 0.5) is 26.3 Å². The van der Waals surface area contributed by atoms with E-state index in [1.54, 1.807) is 24.3 Å². The first-order valence-electron chi connectivity index (χ1n) is 13.1. The number of benzene rings is 2. The highest BCUT2D eigenvalue weighted by atomic mass is 32.2. The molecular formula is C28H25F6N5OS. The Morgan fingerprint density at radius 2 is 1.83 bits per heavy atom. The molecule has 41 heavy (non-hydrogen) atoms. The zero-order chi connectivity index (χ0) is 28.9. The average Bonchev–Trinajstić information content (AvgIpc) is 3.49. The van der Waals surface area contributed by atoms with Gasteiger partial charge in [-0.25, -0.2) is 0 Å². The first-order valence-corrected chi connectivity index (χ1v) is 14.0. The summed E-state index contributed by atoms with van der Waals surface area (Å²) >= 11 is 1.27. The van der Waals surface area contributed by atoms with Gasteiger partial charge in [0.25, 0.3) is 5.91 Å². The molecule has 0 radical (unpaired) electrons. The normalized spacial score (nSPS) is 25.0. The van der Waals surface area contributed by atoms with E-state index in [0.29, 0.717) is 51.0 Å². The van der Waals surface area contributed by atoms with Crippen molar-refractivity contribution in [1.29, 1.82) is 0 Å². The Bertz CT molecular complexity index is 1550. The molecule has 6 nitrogen and oxygen atoms in total. The predicted molar refractivity (Wildman–Crippen MR) is 144 cm³/mol. The van der Waals surface area contributed by atoms with Gasteiger partial charge in [-0.15, -0.1) is 0 Å². The van der Waals surface area contributed by atoms with Gasteiger partial charge in [0.05, 0.1) is 34.3 Å². The second-order valence-electron chi connectivity index (χ2n) is 10.6. The number of aliphatic imine (C=N–C) groups is 1. The molecule has 0 unspecified atom stereocenters. The predicted octanol–water partition coefficient (Wildman–Crippen LogP) is 6.02. The molecule has 13 heteroatoms. The van der Waals surface area contributed by atoms with E-state index in [9.17, 15) is 31.1 Å². The maximum absolute atomic E-state index is 13.6. The summed E-state index contributed by atoms with van der Waals surface area (Å²) in [6, 6.07) is 6.72. The summed E-state index contributed by atoms with van der Waals surface area (Å²) in [7, 11) is 0.